The molecule has 7 nitrogen and oxygen atoms in total. The molecule has 1 saturated heterocycles. The summed E-state index contributed by atoms with van der Waals surface area (Å²) < 4.78 is 6.64. The van der Waals surface area contributed by atoms with Gasteiger partial charge < -0.3 is 4.74 Å². The third-order valence-corrected chi connectivity index (χ3v) is 2.81. The number of carbonyl (C=O) groups is 2. The molecule has 2 rings (SSSR count). The Bertz CT molecular complexity index is 440. The van der Waals surface area contributed by atoms with E-state index in [2.05, 4.69) is 4.99 Å². The summed E-state index contributed by atoms with van der Waals surface area (Å²) in [6.45, 7) is 0. The lowest BCUT2D eigenvalue weighted by Gasteiger charge is -2.29. The minimum absolute atomic E-state index is 0.295. The van der Waals surface area contributed by atoms with Crippen molar-refractivity contribution in [2.24, 2.45) is 4.99 Å². The minimum Gasteiger partial charge on any atom is -0.432 e. The molecule has 16 heavy (non-hydrogen) atoms. The Balaban J connectivity index is 2.48. The molecule has 2 heterocycles. The lowest BCUT2D eigenvalue weighted by Crippen LogP contribution is -2.61. The molecule has 0 spiro atoms. The number of aliphatic imine (C=N–C) groups is 1. The number of amides is 3. The van der Waals surface area contributed by atoms with Crippen molar-refractivity contribution in [2.45, 2.75) is 6.04 Å². The van der Waals surface area contributed by atoms with Crippen LogP contribution in [0.2, 0.25) is 0 Å². The largest absolute Gasteiger partial charge is 0.496 e. The molecule has 0 N–H and O–H groups in total. The minimum atomic E-state index is -0.567. The summed E-state index contributed by atoms with van der Waals surface area (Å²) in [6.07, 6.45) is 0. The van der Waals surface area contributed by atoms with Gasteiger partial charge in [-0.05, 0) is 0 Å². The maximum Gasteiger partial charge on any atom is 0.496 e. The number of hydrogen-bond donors (Lipinski definition) is 0. The molecule has 86 valence electrons. The van der Waals surface area contributed by atoms with Gasteiger partial charge in [0.15, 0.2) is 0 Å². The van der Waals surface area contributed by atoms with Crippen molar-refractivity contribution in [3.63, 3.8) is 0 Å². The van der Waals surface area contributed by atoms with Crippen molar-refractivity contribution in [3.8, 4) is 0 Å². The number of urea groups is 1. The zero-order valence-electron chi connectivity index (χ0n) is 9.59. The molecular weight excluding hydrogens is 212 g/mol. The van der Waals surface area contributed by atoms with Gasteiger partial charge >= 0.3 is 12.1 Å². The highest BCUT2D eigenvalue weighted by Gasteiger charge is 2.52. The predicted molar refractivity (Wildman–Crippen MR) is 55.4 cm³/mol. The first-order valence-electron chi connectivity index (χ1n) is 4.76. The van der Waals surface area contributed by atoms with Gasteiger partial charge in [0.25, 0.3) is 17.8 Å². The van der Waals surface area contributed by atoms with Crippen LogP contribution < -0.4 is 0 Å². The first kappa shape index (κ1) is 10.6. The lowest BCUT2D eigenvalue weighted by atomic mass is 10.2. The topological polar surface area (TPSA) is 65.2 Å². The Morgan fingerprint density at radius 2 is 1.94 bits per heavy atom. The molecule has 0 bridgehead atoms. The number of hydrogen-bond acceptors (Lipinski definition) is 4. The van der Waals surface area contributed by atoms with Crippen LogP contribution in [0.15, 0.2) is 4.99 Å². The number of fused-ring (bicyclic) bond motifs is 1. The van der Waals surface area contributed by atoms with Crippen LogP contribution in [0.5, 0.6) is 0 Å². The maximum absolute atomic E-state index is 11.9. The summed E-state index contributed by atoms with van der Waals surface area (Å²) in [7, 11) is 6.22. The van der Waals surface area contributed by atoms with E-state index in [0.717, 1.165) is 4.90 Å². The number of carbonyl (C=O) groups excluding carboxylic acids is 2. The summed E-state index contributed by atoms with van der Waals surface area (Å²) in [5, 5.41) is 0. The zero-order chi connectivity index (χ0) is 12.0. The number of ether oxygens (including phenoxy) is 1. The van der Waals surface area contributed by atoms with E-state index in [0.29, 0.717) is 11.9 Å². The second-order valence-corrected chi connectivity index (χ2v) is 3.71. The number of rotatable bonds is 0. The van der Waals surface area contributed by atoms with Crippen molar-refractivity contribution < 1.29 is 18.9 Å². The summed E-state index contributed by atoms with van der Waals surface area (Å²) >= 11 is 0. The molecule has 3 amide bonds. The highest BCUT2D eigenvalue weighted by Crippen LogP contribution is 2.17. The summed E-state index contributed by atoms with van der Waals surface area (Å²) in [5.74, 6) is 0.115. The van der Waals surface area contributed by atoms with Crippen molar-refractivity contribution in [1.82, 2.24) is 9.80 Å². The van der Waals surface area contributed by atoms with E-state index in [-0.39, 0.29) is 11.9 Å². The molecule has 0 radical (unpaired) electrons. The molecule has 0 saturated carbocycles. The first-order valence-corrected chi connectivity index (χ1v) is 4.76. The van der Waals surface area contributed by atoms with Gasteiger partial charge in [0.2, 0.25) is 0 Å². The zero-order valence-corrected chi connectivity index (χ0v) is 9.59. The molecule has 1 atom stereocenters. The van der Waals surface area contributed by atoms with Crippen LogP contribution in [0.1, 0.15) is 0 Å². The van der Waals surface area contributed by atoms with Gasteiger partial charge in [0.1, 0.15) is 0 Å². The summed E-state index contributed by atoms with van der Waals surface area (Å²) in [5.41, 5.74) is 0. The normalized spacial score (nSPS) is 25.0. The van der Waals surface area contributed by atoms with Crippen LogP contribution in [-0.2, 0) is 9.53 Å². The van der Waals surface area contributed by atoms with Crippen molar-refractivity contribution >= 4 is 23.8 Å². The summed E-state index contributed by atoms with van der Waals surface area (Å²) in [4.78, 5) is 30.1. The quantitative estimate of drug-likeness (QED) is 0.493. The second-order valence-electron chi connectivity index (χ2n) is 3.71. The molecular formula is C9H13N4O3+. The average molecular weight is 225 g/mol. The molecule has 0 aliphatic carbocycles. The van der Waals surface area contributed by atoms with Crippen LogP contribution in [0.4, 0.5) is 4.79 Å². The van der Waals surface area contributed by atoms with E-state index in [4.69, 9.17) is 4.74 Å². The fourth-order valence-electron chi connectivity index (χ4n) is 1.85. The Labute approximate surface area is 92.6 Å². The van der Waals surface area contributed by atoms with Gasteiger partial charge in [-0.15, -0.1) is 0 Å². The smallest absolute Gasteiger partial charge is 0.432 e. The maximum atomic E-state index is 11.9. The number of imide groups is 1. The highest BCUT2D eigenvalue weighted by molar-refractivity contribution is 6.22. The lowest BCUT2D eigenvalue weighted by molar-refractivity contribution is -0.513. The number of amidine groups is 2. The van der Waals surface area contributed by atoms with Crippen molar-refractivity contribution in [1.29, 1.82) is 0 Å². The van der Waals surface area contributed by atoms with E-state index < -0.39 is 6.04 Å². The van der Waals surface area contributed by atoms with Gasteiger partial charge in [0, 0.05) is 19.1 Å². The molecule has 1 fully saturated rings. The number of methoxy groups -OCH3 is 1. The highest BCUT2D eigenvalue weighted by atomic mass is 16.5. The van der Waals surface area contributed by atoms with Gasteiger partial charge in [-0.1, -0.05) is 0 Å². The molecule has 0 aromatic carbocycles. The van der Waals surface area contributed by atoms with Gasteiger partial charge in [0.05, 0.1) is 14.2 Å². The fraction of sp³-hybridized carbons (Fsp3) is 0.556. The van der Waals surface area contributed by atoms with Crippen LogP contribution in [0.25, 0.3) is 0 Å². The third kappa shape index (κ3) is 1.14. The first-order chi connectivity index (χ1) is 7.49. The van der Waals surface area contributed by atoms with E-state index in [1.807, 2.05) is 0 Å². The predicted octanol–water partition coefficient (Wildman–Crippen LogP) is -1.06. The van der Waals surface area contributed by atoms with Gasteiger partial charge in [-0.2, -0.15) is 0 Å². The number of nitrogens with zero attached hydrogens (tertiary/aromatic N) is 4. The fourth-order valence-corrected chi connectivity index (χ4v) is 1.85. The molecule has 2 aliphatic heterocycles. The van der Waals surface area contributed by atoms with Crippen LogP contribution in [-0.4, -0.2) is 72.5 Å². The van der Waals surface area contributed by atoms with Crippen LogP contribution in [0.3, 0.4) is 0 Å². The van der Waals surface area contributed by atoms with Crippen molar-refractivity contribution in [3.05, 3.63) is 0 Å². The molecule has 7 heteroatoms. The monoisotopic (exact) mass is 225 g/mol. The Kier molecular flexibility index (Phi) is 2.18. The molecule has 0 aromatic heterocycles. The molecule has 0 aromatic rings. The Hall–Kier alpha value is -1.92. The summed E-state index contributed by atoms with van der Waals surface area (Å²) in [6, 6.07) is -0.614. The molecule has 2 aliphatic rings. The molecule has 1 unspecified atom stereocenters. The van der Waals surface area contributed by atoms with E-state index in [9.17, 15) is 9.59 Å². The van der Waals surface area contributed by atoms with Crippen molar-refractivity contribution in [2.75, 3.05) is 28.3 Å². The van der Waals surface area contributed by atoms with Gasteiger partial charge in [-0.3, -0.25) is 14.6 Å². The Morgan fingerprint density at radius 1 is 1.31 bits per heavy atom. The number of likely N-dealkylation sites (N-methyl/N-ethyl adjacent to an activating group) is 3. The SMILES string of the molecule is COC1=[N+](C)C2C(=O)N(C)C(=O)N(C)C2=N1. The average Bonchev–Trinajstić information content (AvgIpc) is 2.61. The van der Waals surface area contributed by atoms with Crippen LogP contribution in [0, 0.1) is 0 Å². The van der Waals surface area contributed by atoms with Crippen LogP contribution >= 0.6 is 0 Å². The third-order valence-electron chi connectivity index (χ3n) is 2.81. The van der Waals surface area contributed by atoms with E-state index >= 15 is 0 Å². The second kappa shape index (κ2) is 3.29. The van der Waals surface area contributed by atoms with E-state index in [1.54, 1.807) is 18.7 Å². The van der Waals surface area contributed by atoms with Gasteiger partial charge in [-0.25, -0.2) is 9.37 Å². The standard InChI is InChI=1S/C9H13N4O3/c1-11-5-6(10-8(11)16-4)12(2)9(15)13(3)7(5)14/h5H,1-4H3/q+1. The Morgan fingerprint density at radius 3 is 2.50 bits per heavy atom. The van der Waals surface area contributed by atoms with E-state index in [1.165, 1.54) is 19.1 Å².